The lowest BCUT2D eigenvalue weighted by Crippen LogP contribution is -2.48. The second kappa shape index (κ2) is 5.59. The highest BCUT2D eigenvalue weighted by Crippen LogP contribution is 2.52. The number of hydrogen-bond acceptors (Lipinski definition) is 2. The van der Waals surface area contributed by atoms with Crippen molar-refractivity contribution >= 4 is 23.4 Å². The lowest BCUT2D eigenvalue weighted by molar-refractivity contribution is -0.116. The predicted molar refractivity (Wildman–Crippen MR) is 95.3 cm³/mol. The second-order valence-electron chi connectivity index (χ2n) is 7.94. The fourth-order valence-electron chi connectivity index (χ4n) is 4.00. The quantitative estimate of drug-likeness (QED) is 0.726. The van der Waals surface area contributed by atoms with Crippen molar-refractivity contribution in [3.63, 3.8) is 0 Å². The summed E-state index contributed by atoms with van der Waals surface area (Å²) in [5.74, 6) is 1.69. The van der Waals surface area contributed by atoms with Gasteiger partial charge in [-0.1, -0.05) is 32.9 Å². The number of hydrogen-bond donors (Lipinski definition) is 0. The minimum absolute atomic E-state index is 0.00657. The highest BCUT2D eigenvalue weighted by atomic mass is 32.2. The number of carbonyl (C=O) groups is 1. The Hall–Kier alpha value is -0.960. The number of nitrogens with zero attached hydrogens (tertiary/aromatic N) is 1. The predicted octanol–water partition coefficient (Wildman–Crippen LogP) is 5.01. The summed E-state index contributed by atoms with van der Waals surface area (Å²) >= 11 is 1.87. The summed E-state index contributed by atoms with van der Waals surface area (Å²) in [7, 11) is 0. The summed E-state index contributed by atoms with van der Waals surface area (Å²) in [6, 6.07) is 8.41. The van der Waals surface area contributed by atoms with Gasteiger partial charge in [-0.2, -0.15) is 0 Å². The average molecular weight is 317 g/mol. The third kappa shape index (κ3) is 2.80. The van der Waals surface area contributed by atoms with Crippen molar-refractivity contribution in [1.82, 2.24) is 0 Å². The van der Waals surface area contributed by atoms with Crippen LogP contribution in [0.15, 0.2) is 24.3 Å². The molecule has 22 heavy (non-hydrogen) atoms. The first-order chi connectivity index (χ1) is 10.3. The summed E-state index contributed by atoms with van der Waals surface area (Å²) < 4.78 is 0. The monoisotopic (exact) mass is 317 g/mol. The smallest absolute Gasteiger partial charge is 0.238 e. The van der Waals surface area contributed by atoms with Gasteiger partial charge in [0, 0.05) is 5.69 Å². The first-order valence-corrected chi connectivity index (χ1v) is 9.34. The van der Waals surface area contributed by atoms with Crippen LogP contribution in [0.4, 0.5) is 5.69 Å². The molecule has 1 aromatic rings. The first kappa shape index (κ1) is 15.9. The molecule has 0 atom stereocenters. The van der Waals surface area contributed by atoms with E-state index in [4.69, 9.17) is 0 Å². The van der Waals surface area contributed by atoms with Crippen molar-refractivity contribution in [3.05, 3.63) is 29.8 Å². The Kier molecular flexibility index (Phi) is 4.05. The van der Waals surface area contributed by atoms with Crippen LogP contribution in [0.1, 0.15) is 52.0 Å². The van der Waals surface area contributed by atoms with E-state index in [1.54, 1.807) is 0 Å². The Morgan fingerprint density at radius 1 is 1.23 bits per heavy atom. The molecule has 0 bridgehead atoms. The van der Waals surface area contributed by atoms with E-state index in [0.717, 1.165) is 24.4 Å². The summed E-state index contributed by atoms with van der Waals surface area (Å²) in [6.07, 6.45) is 4.71. The van der Waals surface area contributed by atoms with Crippen LogP contribution >= 0.6 is 11.8 Å². The summed E-state index contributed by atoms with van der Waals surface area (Å²) in [5, 5.41) is 0. The molecule has 0 radical (unpaired) electrons. The van der Waals surface area contributed by atoms with Crippen LogP contribution in [0.3, 0.4) is 0 Å². The maximum atomic E-state index is 12.5. The van der Waals surface area contributed by atoms with Gasteiger partial charge in [0.15, 0.2) is 0 Å². The molecule has 3 rings (SSSR count). The number of rotatable bonds is 1. The summed E-state index contributed by atoms with van der Waals surface area (Å²) in [6.45, 7) is 9.14. The highest BCUT2D eigenvalue weighted by molar-refractivity contribution is 8.02. The Labute approximate surface area is 138 Å². The molecule has 1 saturated carbocycles. The number of benzene rings is 1. The van der Waals surface area contributed by atoms with Crippen LogP contribution in [0, 0.1) is 18.3 Å². The first-order valence-electron chi connectivity index (χ1n) is 8.35. The SMILES string of the molecule is Cc1cccc(N2C(=O)CSC23CCC(C(C)(C)C)CC3)c1. The van der Waals surface area contributed by atoms with Crippen LogP contribution in [0.2, 0.25) is 0 Å². The van der Waals surface area contributed by atoms with Crippen molar-refractivity contribution in [2.24, 2.45) is 11.3 Å². The van der Waals surface area contributed by atoms with Crippen LogP contribution in [-0.4, -0.2) is 16.5 Å². The van der Waals surface area contributed by atoms with E-state index in [0.29, 0.717) is 11.2 Å². The number of amides is 1. The normalized spacial score (nSPS) is 29.4. The molecular weight excluding hydrogens is 290 g/mol. The molecule has 1 aliphatic carbocycles. The largest absolute Gasteiger partial charge is 0.297 e. The summed E-state index contributed by atoms with van der Waals surface area (Å²) in [5.41, 5.74) is 2.69. The summed E-state index contributed by atoms with van der Waals surface area (Å²) in [4.78, 5) is 14.7. The van der Waals surface area contributed by atoms with Gasteiger partial charge >= 0.3 is 0 Å². The van der Waals surface area contributed by atoms with Crippen LogP contribution in [0.25, 0.3) is 0 Å². The molecule has 2 aliphatic rings. The molecule has 2 nitrogen and oxygen atoms in total. The lowest BCUT2D eigenvalue weighted by Gasteiger charge is -2.45. The van der Waals surface area contributed by atoms with E-state index in [9.17, 15) is 4.79 Å². The zero-order valence-electron chi connectivity index (χ0n) is 14.2. The molecule has 0 aromatic heterocycles. The maximum Gasteiger partial charge on any atom is 0.238 e. The molecular formula is C19H27NOS. The molecule has 1 aromatic carbocycles. The number of carbonyl (C=O) groups excluding carboxylic acids is 1. The van der Waals surface area contributed by atoms with E-state index in [-0.39, 0.29) is 10.8 Å². The standard InChI is InChI=1S/C19H27NOS/c1-14-6-5-7-16(12-14)20-17(21)13-22-19(20)10-8-15(9-11-19)18(2,3)4/h5-7,12,15H,8-11,13H2,1-4H3. The zero-order chi connectivity index (χ0) is 16.0. The van der Waals surface area contributed by atoms with E-state index in [2.05, 4.69) is 56.9 Å². The van der Waals surface area contributed by atoms with E-state index in [1.807, 2.05) is 11.8 Å². The number of aryl methyl sites for hydroxylation is 1. The van der Waals surface area contributed by atoms with Crippen LogP contribution in [0.5, 0.6) is 0 Å². The highest BCUT2D eigenvalue weighted by Gasteiger charge is 2.49. The minimum Gasteiger partial charge on any atom is -0.297 e. The van der Waals surface area contributed by atoms with Gasteiger partial charge < -0.3 is 0 Å². The van der Waals surface area contributed by atoms with Crippen LogP contribution < -0.4 is 4.90 Å². The molecule has 3 heteroatoms. The van der Waals surface area contributed by atoms with Gasteiger partial charge in [-0.25, -0.2) is 0 Å². The Morgan fingerprint density at radius 2 is 1.91 bits per heavy atom. The van der Waals surface area contributed by atoms with Gasteiger partial charge in [-0.3, -0.25) is 9.69 Å². The van der Waals surface area contributed by atoms with Gasteiger partial charge in [0.1, 0.15) is 0 Å². The van der Waals surface area contributed by atoms with E-state index < -0.39 is 0 Å². The molecule has 1 spiro atoms. The molecule has 1 aliphatic heterocycles. The fraction of sp³-hybridized carbons (Fsp3) is 0.632. The van der Waals surface area contributed by atoms with Gasteiger partial charge in [0.05, 0.1) is 10.6 Å². The van der Waals surface area contributed by atoms with Crippen molar-refractivity contribution in [2.45, 2.75) is 58.2 Å². The molecule has 1 amide bonds. The van der Waals surface area contributed by atoms with Gasteiger partial charge in [-0.05, 0) is 61.6 Å². The van der Waals surface area contributed by atoms with Crippen molar-refractivity contribution in [3.8, 4) is 0 Å². The zero-order valence-corrected chi connectivity index (χ0v) is 15.0. The van der Waals surface area contributed by atoms with Crippen molar-refractivity contribution in [2.75, 3.05) is 10.7 Å². The number of anilines is 1. The lowest BCUT2D eigenvalue weighted by atomic mass is 9.71. The Balaban J connectivity index is 1.86. The minimum atomic E-state index is 0.00657. The molecule has 120 valence electrons. The third-order valence-corrected chi connectivity index (χ3v) is 6.89. The fourth-order valence-corrected chi connectivity index (χ4v) is 5.38. The molecule has 0 unspecified atom stereocenters. The topological polar surface area (TPSA) is 20.3 Å². The molecule has 1 saturated heterocycles. The van der Waals surface area contributed by atoms with Gasteiger partial charge in [0.25, 0.3) is 0 Å². The Bertz CT molecular complexity index is 567. The average Bonchev–Trinajstić information content (AvgIpc) is 2.75. The Morgan fingerprint density at radius 3 is 2.50 bits per heavy atom. The maximum absolute atomic E-state index is 12.5. The van der Waals surface area contributed by atoms with Crippen molar-refractivity contribution in [1.29, 1.82) is 0 Å². The third-order valence-electron chi connectivity index (χ3n) is 5.37. The van der Waals surface area contributed by atoms with Gasteiger partial charge in [-0.15, -0.1) is 11.8 Å². The van der Waals surface area contributed by atoms with Crippen LogP contribution in [-0.2, 0) is 4.79 Å². The molecule has 0 N–H and O–H groups in total. The second-order valence-corrected chi connectivity index (χ2v) is 9.28. The van der Waals surface area contributed by atoms with E-state index in [1.165, 1.54) is 18.4 Å². The number of thioether (sulfide) groups is 1. The molecule has 1 heterocycles. The van der Waals surface area contributed by atoms with Crippen molar-refractivity contribution < 1.29 is 4.79 Å². The van der Waals surface area contributed by atoms with Gasteiger partial charge in [0.2, 0.25) is 5.91 Å². The van der Waals surface area contributed by atoms with E-state index >= 15 is 0 Å². The molecule has 2 fully saturated rings.